The van der Waals surface area contributed by atoms with E-state index in [9.17, 15) is 4.79 Å². The van der Waals surface area contributed by atoms with Gasteiger partial charge in [0.1, 0.15) is 0 Å². The Hall–Kier alpha value is -1.58. The van der Waals surface area contributed by atoms with Gasteiger partial charge in [0.05, 0.1) is 0 Å². The summed E-state index contributed by atoms with van der Waals surface area (Å²) < 4.78 is 0. The molecule has 4 heteroatoms. The molecule has 18 heavy (non-hydrogen) atoms. The zero-order valence-electron chi connectivity index (χ0n) is 11.1. The molecular weight excluding hydrogens is 228 g/mol. The highest BCUT2D eigenvalue weighted by Crippen LogP contribution is 2.21. The standard InChI is InChI=1S/C14H22N2O2/c1-11(2)12(3-4-14(17)18)5-10-16-13-6-8-15-9-7-13/h6-9,11-12H,3-5,10H2,1-2H3,(H,15,16)(H,17,18). The lowest BCUT2D eigenvalue weighted by Crippen LogP contribution is -2.15. The Balaban J connectivity index is 2.31. The van der Waals surface area contributed by atoms with E-state index >= 15 is 0 Å². The number of pyridine rings is 1. The van der Waals surface area contributed by atoms with Crippen molar-refractivity contribution in [2.24, 2.45) is 11.8 Å². The van der Waals surface area contributed by atoms with Crippen LogP contribution in [0, 0.1) is 11.8 Å². The van der Waals surface area contributed by atoms with E-state index in [1.165, 1.54) is 0 Å². The van der Waals surface area contributed by atoms with Crippen molar-refractivity contribution < 1.29 is 9.90 Å². The topological polar surface area (TPSA) is 62.2 Å². The minimum Gasteiger partial charge on any atom is -0.481 e. The van der Waals surface area contributed by atoms with Crippen LogP contribution in [0.15, 0.2) is 24.5 Å². The zero-order chi connectivity index (χ0) is 13.4. The number of hydrogen-bond acceptors (Lipinski definition) is 3. The molecule has 2 N–H and O–H groups in total. The van der Waals surface area contributed by atoms with Crippen LogP contribution < -0.4 is 5.32 Å². The lowest BCUT2D eigenvalue weighted by atomic mass is 9.88. The van der Waals surface area contributed by atoms with E-state index in [0.717, 1.165) is 25.1 Å². The minimum atomic E-state index is -0.706. The molecule has 1 unspecified atom stereocenters. The Labute approximate surface area is 108 Å². The summed E-state index contributed by atoms with van der Waals surface area (Å²) in [7, 11) is 0. The first-order chi connectivity index (χ1) is 8.59. The number of nitrogens with one attached hydrogen (secondary N) is 1. The van der Waals surface area contributed by atoms with E-state index in [-0.39, 0.29) is 6.42 Å². The SMILES string of the molecule is CC(C)C(CCNc1ccncc1)CCC(=O)O. The summed E-state index contributed by atoms with van der Waals surface area (Å²) in [6, 6.07) is 3.86. The quantitative estimate of drug-likeness (QED) is 0.744. The van der Waals surface area contributed by atoms with Crippen LogP contribution in [0.1, 0.15) is 33.1 Å². The summed E-state index contributed by atoms with van der Waals surface area (Å²) in [5.74, 6) is 0.266. The highest BCUT2D eigenvalue weighted by Gasteiger charge is 2.14. The average Bonchev–Trinajstić information content (AvgIpc) is 2.34. The lowest BCUT2D eigenvalue weighted by Gasteiger charge is -2.20. The van der Waals surface area contributed by atoms with Crippen LogP contribution in [0.3, 0.4) is 0 Å². The van der Waals surface area contributed by atoms with Gasteiger partial charge in [0.15, 0.2) is 0 Å². The molecule has 0 aliphatic rings. The largest absolute Gasteiger partial charge is 0.481 e. The Morgan fingerprint density at radius 1 is 1.33 bits per heavy atom. The number of aromatic nitrogens is 1. The number of nitrogens with zero attached hydrogens (tertiary/aromatic N) is 1. The monoisotopic (exact) mass is 250 g/mol. The molecule has 0 saturated carbocycles. The summed E-state index contributed by atoms with van der Waals surface area (Å²) in [5.41, 5.74) is 1.06. The van der Waals surface area contributed by atoms with E-state index in [1.807, 2.05) is 12.1 Å². The molecule has 1 atom stereocenters. The Morgan fingerprint density at radius 3 is 2.56 bits per heavy atom. The molecule has 0 amide bonds. The van der Waals surface area contributed by atoms with Crippen LogP contribution in [0.2, 0.25) is 0 Å². The van der Waals surface area contributed by atoms with Gasteiger partial charge in [-0.2, -0.15) is 0 Å². The lowest BCUT2D eigenvalue weighted by molar-refractivity contribution is -0.137. The molecule has 0 spiro atoms. The first kappa shape index (κ1) is 14.5. The maximum Gasteiger partial charge on any atom is 0.303 e. The van der Waals surface area contributed by atoms with Gasteiger partial charge in [-0.15, -0.1) is 0 Å². The van der Waals surface area contributed by atoms with Crippen molar-refractivity contribution in [1.82, 2.24) is 4.98 Å². The van der Waals surface area contributed by atoms with Crippen molar-refractivity contribution in [3.05, 3.63) is 24.5 Å². The van der Waals surface area contributed by atoms with Crippen LogP contribution in [-0.4, -0.2) is 22.6 Å². The van der Waals surface area contributed by atoms with Crippen molar-refractivity contribution in [3.8, 4) is 0 Å². The van der Waals surface area contributed by atoms with Gasteiger partial charge >= 0.3 is 5.97 Å². The highest BCUT2D eigenvalue weighted by atomic mass is 16.4. The number of anilines is 1. The smallest absolute Gasteiger partial charge is 0.303 e. The summed E-state index contributed by atoms with van der Waals surface area (Å²) in [6.07, 6.45) is 5.52. The van der Waals surface area contributed by atoms with Crippen LogP contribution >= 0.6 is 0 Å². The van der Waals surface area contributed by atoms with Crippen LogP contribution in [-0.2, 0) is 4.79 Å². The molecule has 0 aliphatic carbocycles. The predicted molar refractivity (Wildman–Crippen MR) is 72.5 cm³/mol. The fraction of sp³-hybridized carbons (Fsp3) is 0.571. The number of carboxylic acids is 1. The predicted octanol–water partition coefficient (Wildman–Crippen LogP) is 3.02. The summed E-state index contributed by atoms with van der Waals surface area (Å²) >= 11 is 0. The van der Waals surface area contributed by atoms with Crippen molar-refractivity contribution in [2.45, 2.75) is 33.1 Å². The minimum absolute atomic E-state index is 0.262. The van der Waals surface area contributed by atoms with Gasteiger partial charge in [-0.25, -0.2) is 0 Å². The maximum atomic E-state index is 10.6. The second-order valence-corrected chi connectivity index (χ2v) is 4.89. The number of aliphatic carboxylic acids is 1. The van der Waals surface area contributed by atoms with Gasteiger partial charge in [0.25, 0.3) is 0 Å². The third-order valence-corrected chi connectivity index (χ3v) is 3.20. The van der Waals surface area contributed by atoms with Gasteiger partial charge in [0, 0.05) is 31.0 Å². The molecule has 0 aromatic carbocycles. The molecule has 0 saturated heterocycles. The van der Waals surface area contributed by atoms with E-state index in [1.54, 1.807) is 12.4 Å². The molecule has 0 radical (unpaired) electrons. The van der Waals surface area contributed by atoms with Gasteiger partial charge < -0.3 is 10.4 Å². The van der Waals surface area contributed by atoms with Crippen molar-refractivity contribution in [1.29, 1.82) is 0 Å². The van der Waals surface area contributed by atoms with Crippen molar-refractivity contribution >= 4 is 11.7 Å². The van der Waals surface area contributed by atoms with E-state index < -0.39 is 5.97 Å². The second kappa shape index (κ2) is 7.69. The fourth-order valence-corrected chi connectivity index (χ4v) is 1.99. The number of carboxylic acid groups (broad SMARTS) is 1. The molecule has 0 aliphatic heterocycles. The molecule has 1 rings (SSSR count). The molecule has 100 valence electrons. The molecule has 0 fully saturated rings. The second-order valence-electron chi connectivity index (χ2n) is 4.89. The number of hydrogen-bond donors (Lipinski definition) is 2. The summed E-state index contributed by atoms with van der Waals surface area (Å²) in [5, 5.41) is 12.1. The average molecular weight is 250 g/mol. The molecule has 0 bridgehead atoms. The molecule has 1 aromatic heterocycles. The van der Waals surface area contributed by atoms with Gasteiger partial charge in [-0.05, 0) is 36.8 Å². The Bertz CT molecular complexity index is 352. The third-order valence-electron chi connectivity index (χ3n) is 3.20. The van der Waals surface area contributed by atoms with Gasteiger partial charge in [-0.3, -0.25) is 9.78 Å². The van der Waals surface area contributed by atoms with E-state index in [2.05, 4.69) is 24.1 Å². The van der Waals surface area contributed by atoms with E-state index in [0.29, 0.717) is 11.8 Å². The summed E-state index contributed by atoms with van der Waals surface area (Å²) in [6.45, 7) is 5.17. The zero-order valence-corrected chi connectivity index (χ0v) is 11.1. The molecular formula is C14H22N2O2. The molecule has 4 nitrogen and oxygen atoms in total. The normalized spacial score (nSPS) is 12.4. The van der Waals surface area contributed by atoms with Crippen LogP contribution in [0.5, 0.6) is 0 Å². The van der Waals surface area contributed by atoms with Crippen molar-refractivity contribution in [3.63, 3.8) is 0 Å². The maximum absolute atomic E-state index is 10.6. The van der Waals surface area contributed by atoms with Crippen LogP contribution in [0.4, 0.5) is 5.69 Å². The van der Waals surface area contributed by atoms with Crippen LogP contribution in [0.25, 0.3) is 0 Å². The third kappa shape index (κ3) is 5.66. The number of rotatable bonds is 8. The Morgan fingerprint density at radius 2 is 2.00 bits per heavy atom. The fourth-order valence-electron chi connectivity index (χ4n) is 1.99. The van der Waals surface area contributed by atoms with Gasteiger partial charge in [0.2, 0.25) is 0 Å². The first-order valence-corrected chi connectivity index (χ1v) is 6.45. The van der Waals surface area contributed by atoms with E-state index in [4.69, 9.17) is 5.11 Å². The highest BCUT2D eigenvalue weighted by molar-refractivity contribution is 5.66. The molecule has 1 heterocycles. The van der Waals surface area contributed by atoms with Crippen molar-refractivity contribution in [2.75, 3.05) is 11.9 Å². The Kier molecular flexibility index (Phi) is 6.19. The first-order valence-electron chi connectivity index (χ1n) is 6.45. The molecule has 1 aromatic rings. The summed E-state index contributed by atoms with van der Waals surface area (Å²) in [4.78, 5) is 14.6. The van der Waals surface area contributed by atoms with Gasteiger partial charge in [-0.1, -0.05) is 13.8 Å². The number of carbonyl (C=O) groups is 1.